The summed E-state index contributed by atoms with van der Waals surface area (Å²) in [5.74, 6) is 1.16. The molecule has 0 aliphatic heterocycles. The highest BCUT2D eigenvalue weighted by molar-refractivity contribution is 5.99. The molecule has 172 valence electrons. The minimum absolute atomic E-state index is 0.0295. The summed E-state index contributed by atoms with van der Waals surface area (Å²) in [6.07, 6.45) is -1.58. The Kier molecular flexibility index (Phi) is 7.11. The van der Waals surface area contributed by atoms with Crippen LogP contribution < -0.4 is 15.4 Å². The van der Waals surface area contributed by atoms with E-state index in [1.807, 2.05) is 14.1 Å². The molecule has 0 radical (unpaired) electrons. The summed E-state index contributed by atoms with van der Waals surface area (Å²) in [6.45, 7) is 1.36. The summed E-state index contributed by atoms with van der Waals surface area (Å²) in [7, 11) is 3.66. The van der Waals surface area contributed by atoms with E-state index in [2.05, 4.69) is 25.6 Å². The zero-order chi connectivity index (χ0) is 24.0. The Morgan fingerprint density at radius 1 is 1.03 bits per heavy atom. The fourth-order valence-electron chi connectivity index (χ4n) is 2.66. The molecule has 2 aromatic carbocycles. The number of ether oxygens (including phenoxy) is 1. The van der Waals surface area contributed by atoms with E-state index in [-0.39, 0.29) is 17.1 Å². The third-order valence-electron chi connectivity index (χ3n) is 4.18. The molecular weight excluding hydrogens is 437 g/mol. The molecule has 2 amide bonds. The Morgan fingerprint density at radius 2 is 1.70 bits per heavy atom. The van der Waals surface area contributed by atoms with Crippen molar-refractivity contribution < 1.29 is 22.7 Å². The second-order valence-corrected chi connectivity index (χ2v) is 7.16. The molecule has 33 heavy (non-hydrogen) atoms. The molecule has 0 aliphatic carbocycles. The number of alkyl halides is 3. The van der Waals surface area contributed by atoms with E-state index in [0.717, 1.165) is 6.07 Å². The maximum Gasteiger partial charge on any atom is 0.416 e. The Balaban J connectivity index is 1.61. The van der Waals surface area contributed by atoms with Crippen LogP contribution in [-0.4, -0.2) is 41.3 Å². The third-order valence-corrected chi connectivity index (χ3v) is 4.18. The van der Waals surface area contributed by atoms with Gasteiger partial charge in [-0.1, -0.05) is 6.07 Å². The first-order valence-electron chi connectivity index (χ1n) is 9.66. The number of benzene rings is 2. The SMILES string of the molecule is Cc1ccc(NC(=O)Nc2ccc(Oc3cc(N=CN(C)C)ncn3)cc2)cc1C(F)(F)F. The zero-order valence-corrected chi connectivity index (χ0v) is 18.0. The van der Waals surface area contributed by atoms with E-state index in [1.54, 1.807) is 41.6 Å². The number of anilines is 2. The van der Waals surface area contributed by atoms with Gasteiger partial charge in [0.25, 0.3) is 0 Å². The molecule has 3 aromatic rings. The number of amides is 2. The van der Waals surface area contributed by atoms with Crippen molar-refractivity contribution in [1.82, 2.24) is 14.9 Å². The minimum Gasteiger partial charge on any atom is -0.439 e. The van der Waals surface area contributed by atoms with Crippen molar-refractivity contribution in [2.45, 2.75) is 13.1 Å². The van der Waals surface area contributed by atoms with Crippen molar-refractivity contribution in [3.05, 3.63) is 66.0 Å². The molecule has 3 rings (SSSR count). The van der Waals surface area contributed by atoms with Crippen LogP contribution in [0, 0.1) is 6.92 Å². The van der Waals surface area contributed by atoms with Gasteiger partial charge in [0.2, 0.25) is 5.88 Å². The largest absolute Gasteiger partial charge is 0.439 e. The summed E-state index contributed by atoms with van der Waals surface area (Å²) in [4.78, 5) is 26.2. The number of nitrogens with one attached hydrogen (secondary N) is 2. The third kappa shape index (κ3) is 6.92. The first-order valence-corrected chi connectivity index (χ1v) is 9.66. The van der Waals surface area contributed by atoms with E-state index in [0.29, 0.717) is 17.3 Å². The Bertz CT molecular complexity index is 1150. The van der Waals surface area contributed by atoms with Crippen LogP contribution in [-0.2, 0) is 6.18 Å². The smallest absolute Gasteiger partial charge is 0.416 e. The molecular formula is C22H21F3N6O2. The van der Waals surface area contributed by atoms with Crippen LogP contribution in [0.5, 0.6) is 11.6 Å². The van der Waals surface area contributed by atoms with E-state index in [4.69, 9.17) is 4.74 Å². The molecule has 0 saturated heterocycles. The lowest BCUT2D eigenvalue weighted by Gasteiger charge is -2.13. The second-order valence-electron chi connectivity index (χ2n) is 7.16. The predicted molar refractivity (Wildman–Crippen MR) is 119 cm³/mol. The first kappa shape index (κ1) is 23.5. The van der Waals surface area contributed by atoms with Gasteiger partial charge in [0.1, 0.15) is 12.1 Å². The molecule has 0 unspecified atom stereocenters. The normalized spacial score (nSPS) is 11.3. The number of aryl methyl sites for hydroxylation is 1. The monoisotopic (exact) mass is 458 g/mol. The van der Waals surface area contributed by atoms with E-state index >= 15 is 0 Å². The number of carbonyl (C=O) groups is 1. The lowest BCUT2D eigenvalue weighted by molar-refractivity contribution is -0.138. The molecule has 0 spiro atoms. The molecule has 0 fully saturated rings. The second kappa shape index (κ2) is 9.98. The van der Waals surface area contributed by atoms with Gasteiger partial charge in [-0.15, -0.1) is 0 Å². The Morgan fingerprint density at radius 3 is 2.36 bits per heavy atom. The molecule has 11 heteroatoms. The maximum absolute atomic E-state index is 13.0. The van der Waals surface area contributed by atoms with Gasteiger partial charge in [-0.3, -0.25) is 0 Å². The van der Waals surface area contributed by atoms with Crippen molar-refractivity contribution in [2.75, 3.05) is 24.7 Å². The van der Waals surface area contributed by atoms with E-state index in [1.165, 1.54) is 25.4 Å². The highest BCUT2D eigenvalue weighted by Crippen LogP contribution is 2.33. The molecule has 0 bridgehead atoms. The Labute approximate surface area is 188 Å². The molecule has 0 atom stereocenters. The van der Waals surface area contributed by atoms with Crippen LogP contribution in [0.2, 0.25) is 0 Å². The number of aromatic nitrogens is 2. The van der Waals surface area contributed by atoms with Crippen LogP contribution in [0.1, 0.15) is 11.1 Å². The van der Waals surface area contributed by atoms with Gasteiger partial charge < -0.3 is 20.3 Å². The number of urea groups is 1. The van der Waals surface area contributed by atoms with Gasteiger partial charge >= 0.3 is 12.2 Å². The van der Waals surface area contributed by atoms with Crippen molar-refractivity contribution in [3.63, 3.8) is 0 Å². The topological polar surface area (TPSA) is 91.7 Å². The summed E-state index contributed by atoms with van der Waals surface area (Å²) >= 11 is 0. The predicted octanol–water partition coefficient (Wildman–Crippen LogP) is 5.46. The van der Waals surface area contributed by atoms with Crippen LogP contribution in [0.15, 0.2) is 59.9 Å². The van der Waals surface area contributed by atoms with Crippen LogP contribution >= 0.6 is 0 Å². The minimum atomic E-state index is -4.50. The number of carbonyl (C=O) groups excluding carboxylic acids is 1. The van der Waals surface area contributed by atoms with E-state index < -0.39 is 17.8 Å². The summed E-state index contributed by atoms with van der Waals surface area (Å²) in [5, 5.41) is 4.95. The molecule has 1 aromatic heterocycles. The maximum atomic E-state index is 13.0. The van der Waals surface area contributed by atoms with Gasteiger partial charge in [-0.2, -0.15) is 13.2 Å². The Hall–Kier alpha value is -4.15. The lowest BCUT2D eigenvalue weighted by Crippen LogP contribution is -2.20. The van der Waals surface area contributed by atoms with Gasteiger partial charge in [0.05, 0.1) is 11.9 Å². The van der Waals surface area contributed by atoms with Crippen molar-refractivity contribution in [2.24, 2.45) is 4.99 Å². The highest BCUT2D eigenvalue weighted by atomic mass is 19.4. The van der Waals surface area contributed by atoms with Gasteiger partial charge in [0, 0.05) is 31.5 Å². The van der Waals surface area contributed by atoms with Crippen LogP contribution in [0.4, 0.5) is 35.2 Å². The molecule has 1 heterocycles. The standard InChI is InChI=1S/C22H21F3N6O2/c1-14-4-5-16(10-18(14)22(23,24)25)30-21(32)29-15-6-8-17(9-7-15)33-20-11-19(26-12-27-20)28-13-31(2)3/h4-13H,1-3H3,(H2,29,30,32). The highest BCUT2D eigenvalue weighted by Gasteiger charge is 2.32. The molecule has 0 aliphatic rings. The van der Waals surface area contributed by atoms with Crippen LogP contribution in [0.25, 0.3) is 0 Å². The fourth-order valence-corrected chi connectivity index (χ4v) is 2.66. The van der Waals surface area contributed by atoms with Crippen LogP contribution in [0.3, 0.4) is 0 Å². The first-order chi connectivity index (χ1) is 15.6. The van der Waals surface area contributed by atoms with E-state index in [9.17, 15) is 18.0 Å². The summed E-state index contributed by atoms with van der Waals surface area (Å²) < 4.78 is 44.8. The molecule has 8 nitrogen and oxygen atoms in total. The number of nitrogens with zero attached hydrogens (tertiary/aromatic N) is 4. The van der Waals surface area contributed by atoms with Crippen molar-refractivity contribution in [3.8, 4) is 11.6 Å². The number of rotatable bonds is 6. The number of aliphatic imine (C=N–C) groups is 1. The van der Waals surface area contributed by atoms with Crippen molar-refractivity contribution in [1.29, 1.82) is 0 Å². The average molecular weight is 458 g/mol. The molecule has 0 saturated carbocycles. The number of hydrogen-bond donors (Lipinski definition) is 2. The quantitative estimate of drug-likeness (QED) is 0.378. The van der Waals surface area contributed by atoms with Gasteiger partial charge in [0.15, 0.2) is 5.82 Å². The summed E-state index contributed by atoms with van der Waals surface area (Å²) in [5.41, 5.74) is -0.282. The molecule has 2 N–H and O–H groups in total. The van der Waals surface area contributed by atoms with Crippen molar-refractivity contribution >= 4 is 29.6 Å². The zero-order valence-electron chi connectivity index (χ0n) is 18.0. The summed E-state index contributed by atoms with van der Waals surface area (Å²) in [6, 6.07) is 10.9. The fraction of sp³-hybridized carbons (Fsp3) is 0.182. The van der Waals surface area contributed by atoms with Gasteiger partial charge in [-0.25, -0.2) is 19.8 Å². The number of halogens is 3. The van der Waals surface area contributed by atoms with Gasteiger partial charge in [-0.05, 0) is 48.9 Å². The number of hydrogen-bond acceptors (Lipinski definition) is 5. The average Bonchev–Trinajstić information content (AvgIpc) is 2.74. The lowest BCUT2D eigenvalue weighted by atomic mass is 10.1.